The fourth-order valence-electron chi connectivity index (χ4n) is 2.73. The number of hydrogen-bond acceptors (Lipinski definition) is 2. The van der Waals surface area contributed by atoms with Crippen LogP contribution < -0.4 is 5.32 Å². The number of ketones is 1. The van der Waals surface area contributed by atoms with E-state index in [9.17, 15) is 9.59 Å². The summed E-state index contributed by atoms with van der Waals surface area (Å²) in [6.45, 7) is 4.59. The van der Waals surface area contributed by atoms with Crippen LogP contribution in [0.2, 0.25) is 0 Å². The van der Waals surface area contributed by atoms with E-state index in [1.807, 2.05) is 31.2 Å². The molecule has 1 amide bonds. The summed E-state index contributed by atoms with van der Waals surface area (Å²) in [5.41, 5.74) is 1.62. The number of rotatable bonds is 3. The summed E-state index contributed by atoms with van der Waals surface area (Å²) in [7, 11) is 0. The highest BCUT2D eigenvalue weighted by molar-refractivity contribution is 5.95. The van der Waals surface area contributed by atoms with Gasteiger partial charge in [0.2, 0.25) is 0 Å². The molecule has 0 saturated heterocycles. The molecule has 1 fully saturated rings. The van der Waals surface area contributed by atoms with Crippen LogP contribution in [-0.4, -0.2) is 18.2 Å². The Kier molecular flexibility index (Phi) is 4.03. The Morgan fingerprint density at radius 2 is 2.11 bits per heavy atom. The first-order valence-electron chi connectivity index (χ1n) is 6.86. The minimum atomic E-state index is -0.0757. The summed E-state index contributed by atoms with van der Waals surface area (Å²) >= 11 is 0. The van der Waals surface area contributed by atoms with E-state index in [0.717, 1.165) is 18.4 Å². The van der Waals surface area contributed by atoms with E-state index in [2.05, 4.69) is 12.2 Å². The SMILES string of the molecule is Cc1ccccc1C(=O)NCC1(C)CCCC(=O)C1. The normalized spacial score (nSPS) is 23.2. The van der Waals surface area contributed by atoms with E-state index in [1.165, 1.54) is 0 Å². The average molecular weight is 259 g/mol. The number of carbonyl (C=O) groups excluding carboxylic acids is 2. The first-order valence-corrected chi connectivity index (χ1v) is 6.86. The van der Waals surface area contributed by atoms with Gasteiger partial charge in [0.05, 0.1) is 0 Å². The quantitative estimate of drug-likeness (QED) is 0.907. The van der Waals surface area contributed by atoms with Crippen LogP contribution in [0.3, 0.4) is 0 Å². The van der Waals surface area contributed by atoms with Gasteiger partial charge in [0.15, 0.2) is 0 Å². The zero-order chi connectivity index (χ0) is 13.9. The molecule has 3 heteroatoms. The molecule has 1 aliphatic carbocycles. The lowest BCUT2D eigenvalue weighted by Gasteiger charge is -2.32. The third-order valence-corrected chi connectivity index (χ3v) is 3.93. The van der Waals surface area contributed by atoms with E-state index in [1.54, 1.807) is 0 Å². The maximum atomic E-state index is 12.1. The van der Waals surface area contributed by atoms with Crippen molar-refractivity contribution in [3.8, 4) is 0 Å². The zero-order valence-corrected chi connectivity index (χ0v) is 11.7. The van der Waals surface area contributed by atoms with Gasteiger partial charge in [-0.25, -0.2) is 0 Å². The molecular formula is C16H21NO2. The molecule has 1 aromatic carbocycles. The highest BCUT2D eigenvalue weighted by Gasteiger charge is 2.31. The summed E-state index contributed by atoms with van der Waals surface area (Å²) < 4.78 is 0. The van der Waals surface area contributed by atoms with Crippen LogP contribution in [0.25, 0.3) is 0 Å². The lowest BCUT2D eigenvalue weighted by Crippen LogP contribution is -2.39. The molecule has 1 unspecified atom stereocenters. The lowest BCUT2D eigenvalue weighted by molar-refractivity contribution is -0.123. The second-order valence-corrected chi connectivity index (χ2v) is 5.88. The predicted octanol–water partition coefficient (Wildman–Crippen LogP) is 2.87. The molecule has 0 spiro atoms. The number of aryl methyl sites for hydroxylation is 1. The van der Waals surface area contributed by atoms with Gasteiger partial charge in [-0.2, -0.15) is 0 Å². The standard InChI is InChI=1S/C16H21NO2/c1-12-6-3-4-8-14(12)15(19)17-11-16(2)9-5-7-13(18)10-16/h3-4,6,8H,5,7,9-11H2,1-2H3,(H,17,19). The number of hydrogen-bond donors (Lipinski definition) is 1. The maximum Gasteiger partial charge on any atom is 0.251 e. The maximum absolute atomic E-state index is 12.1. The molecule has 1 atom stereocenters. The molecule has 3 nitrogen and oxygen atoms in total. The van der Waals surface area contributed by atoms with E-state index in [4.69, 9.17) is 0 Å². The fraction of sp³-hybridized carbons (Fsp3) is 0.500. The predicted molar refractivity (Wildman–Crippen MR) is 75.1 cm³/mol. The molecule has 19 heavy (non-hydrogen) atoms. The molecule has 0 radical (unpaired) electrons. The van der Waals surface area contributed by atoms with Crippen molar-refractivity contribution in [2.45, 2.75) is 39.5 Å². The van der Waals surface area contributed by atoms with Crippen molar-refractivity contribution in [3.05, 3.63) is 35.4 Å². The van der Waals surface area contributed by atoms with Crippen molar-refractivity contribution in [1.82, 2.24) is 5.32 Å². The van der Waals surface area contributed by atoms with E-state index < -0.39 is 0 Å². The Balaban J connectivity index is 1.97. The highest BCUT2D eigenvalue weighted by Crippen LogP contribution is 2.33. The van der Waals surface area contributed by atoms with Crippen LogP contribution in [0.4, 0.5) is 0 Å². The molecule has 0 heterocycles. The smallest absolute Gasteiger partial charge is 0.251 e. The topological polar surface area (TPSA) is 46.2 Å². The molecule has 1 N–H and O–H groups in total. The fourth-order valence-corrected chi connectivity index (χ4v) is 2.73. The van der Waals surface area contributed by atoms with Crippen molar-refractivity contribution in [3.63, 3.8) is 0 Å². The molecule has 0 aliphatic heterocycles. The zero-order valence-electron chi connectivity index (χ0n) is 11.7. The second kappa shape index (κ2) is 5.55. The lowest BCUT2D eigenvalue weighted by atomic mass is 9.75. The summed E-state index contributed by atoms with van der Waals surface area (Å²) in [5, 5.41) is 2.98. The minimum Gasteiger partial charge on any atom is -0.351 e. The first-order chi connectivity index (χ1) is 9.00. The summed E-state index contributed by atoms with van der Waals surface area (Å²) in [6, 6.07) is 7.56. The molecule has 1 saturated carbocycles. The Bertz CT molecular complexity index is 495. The number of benzene rings is 1. The van der Waals surface area contributed by atoms with Crippen molar-refractivity contribution in [2.75, 3.05) is 6.54 Å². The molecule has 1 aromatic rings. The third-order valence-electron chi connectivity index (χ3n) is 3.93. The summed E-state index contributed by atoms with van der Waals surface area (Å²) in [6.07, 6.45) is 3.23. The minimum absolute atomic E-state index is 0.0441. The third kappa shape index (κ3) is 3.43. The largest absolute Gasteiger partial charge is 0.351 e. The van der Waals surface area contributed by atoms with Crippen LogP contribution in [0.15, 0.2) is 24.3 Å². The van der Waals surface area contributed by atoms with Gasteiger partial charge in [0.25, 0.3) is 5.91 Å². The summed E-state index contributed by atoms with van der Waals surface area (Å²) in [4.78, 5) is 23.7. The monoisotopic (exact) mass is 259 g/mol. The van der Waals surface area contributed by atoms with Gasteiger partial charge in [-0.05, 0) is 36.8 Å². The Hall–Kier alpha value is -1.64. The number of amides is 1. The van der Waals surface area contributed by atoms with Crippen LogP contribution in [0, 0.1) is 12.3 Å². The van der Waals surface area contributed by atoms with Crippen molar-refractivity contribution < 1.29 is 9.59 Å². The number of Topliss-reactive ketones (excluding diaryl/α,β-unsaturated/α-hetero) is 1. The number of nitrogens with one attached hydrogen (secondary N) is 1. The molecule has 1 aliphatic rings. The molecule has 0 bridgehead atoms. The Labute approximate surface area is 114 Å². The first kappa shape index (κ1) is 13.8. The summed E-state index contributed by atoms with van der Waals surface area (Å²) in [5.74, 6) is 0.274. The number of carbonyl (C=O) groups is 2. The van der Waals surface area contributed by atoms with Gasteiger partial charge < -0.3 is 5.32 Å². The average Bonchev–Trinajstić information content (AvgIpc) is 2.36. The van der Waals surface area contributed by atoms with Crippen LogP contribution in [-0.2, 0) is 4.79 Å². The Morgan fingerprint density at radius 3 is 2.79 bits per heavy atom. The van der Waals surface area contributed by atoms with Crippen LogP contribution in [0.5, 0.6) is 0 Å². The van der Waals surface area contributed by atoms with Gasteiger partial charge in [-0.3, -0.25) is 9.59 Å². The Morgan fingerprint density at radius 1 is 1.37 bits per heavy atom. The van der Waals surface area contributed by atoms with Crippen LogP contribution in [0.1, 0.15) is 48.5 Å². The van der Waals surface area contributed by atoms with Gasteiger partial charge >= 0.3 is 0 Å². The molecule has 2 rings (SSSR count). The van der Waals surface area contributed by atoms with Gasteiger partial charge in [-0.1, -0.05) is 25.1 Å². The molecule has 102 valence electrons. The molecule has 0 aromatic heterocycles. The van der Waals surface area contributed by atoms with Crippen molar-refractivity contribution >= 4 is 11.7 Å². The second-order valence-electron chi connectivity index (χ2n) is 5.88. The van der Waals surface area contributed by atoms with E-state index in [0.29, 0.717) is 30.7 Å². The van der Waals surface area contributed by atoms with E-state index >= 15 is 0 Å². The highest BCUT2D eigenvalue weighted by atomic mass is 16.1. The van der Waals surface area contributed by atoms with Gasteiger partial charge in [0, 0.05) is 24.9 Å². The van der Waals surface area contributed by atoms with Crippen LogP contribution >= 0.6 is 0 Å². The molecular weight excluding hydrogens is 238 g/mol. The van der Waals surface area contributed by atoms with Crippen molar-refractivity contribution in [2.24, 2.45) is 5.41 Å². The van der Waals surface area contributed by atoms with E-state index in [-0.39, 0.29) is 11.3 Å². The van der Waals surface area contributed by atoms with Crippen molar-refractivity contribution in [1.29, 1.82) is 0 Å². The van der Waals surface area contributed by atoms with Gasteiger partial charge in [0.1, 0.15) is 5.78 Å². The van der Waals surface area contributed by atoms with Gasteiger partial charge in [-0.15, -0.1) is 0 Å².